The molecule has 0 saturated heterocycles. The molecule has 1 spiro atoms. The highest BCUT2D eigenvalue weighted by molar-refractivity contribution is 5.84. The topological polar surface area (TPSA) is 101 Å². The third-order valence-corrected chi connectivity index (χ3v) is 5.50. The van der Waals surface area contributed by atoms with Gasteiger partial charge in [0.15, 0.2) is 11.6 Å². The monoisotopic (exact) mass is 429 g/mol. The number of anilines is 1. The van der Waals surface area contributed by atoms with Crippen LogP contribution in [0.15, 0.2) is 30.5 Å². The van der Waals surface area contributed by atoms with Crippen LogP contribution in [0, 0.1) is 5.82 Å². The number of aromatic nitrogens is 1. The third kappa shape index (κ3) is 3.87. The number of nitrogens with one attached hydrogen (secondary N) is 1. The molecule has 1 aromatic carbocycles. The van der Waals surface area contributed by atoms with Gasteiger partial charge in [-0.1, -0.05) is 0 Å². The van der Waals surface area contributed by atoms with E-state index in [0.717, 1.165) is 12.0 Å². The van der Waals surface area contributed by atoms with Crippen molar-refractivity contribution < 1.29 is 28.6 Å². The normalized spacial score (nSPS) is 16.9. The van der Waals surface area contributed by atoms with Gasteiger partial charge in [0.05, 0.1) is 12.1 Å². The Balaban J connectivity index is 1.61. The number of nitrogens with zero attached hydrogens (tertiary/aromatic N) is 2. The van der Waals surface area contributed by atoms with E-state index in [0.29, 0.717) is 18.6 Å². The second-order valence-corrected chi connectivity index (χ2v) is 8.78. The first-order valence-electron chi connectivity index (χ1n) is 10.1. The summed E-state index contributed by atoms with van der Waals surface area (Å²) in [6.45, 7) is 5.04. The molecule has 2 aromatic rings. The first-order valence-corrected chi connectivity index (χ1v) is 10.1. The number of fused-ring (bicyclic) bond motifs is 2. The summed E-state index contributed by atoms with van der Waals surface area (Å²) in [4.78, 5) is 30.2. The van der Waals surface area contributed by atoms with E-state index in [-0.39, 0.29) is 23.7 Å². The van der Waals surface area contributed by atoms with E-state index in [1.807, 2.05) is 0 Å². The summed E-state index contributed by atoms with van der Waals surface area (Å²) in [5.41, 5.74) is -0.384. The minimum atomic E-state index is -0.822. The number of rotatable bonds is 3. The van der Waals surface area contributed by atoms with E-state index in [9.17, 15) is 14.7 Å². The molecule has 0 radical (unpaired) electrons. The minimum Gasteiger partial charge on any atom is -0.508 e. The molecule has 1 saturated carbocycles. The second-order valence-electron chi connectivity index (χ2n) is 8.78. The van der Waals surface area contributed by atoms with Gasteiger partial charge in [0, 0.05) is 23.4 Å². The van der Waals surface area contributed by atoms with Crippen molar-refractivity contribution in [1.82, 2.24) is 9.88 Å². The lowest BCUT2D eigenvalue weighted by Crippen LogP contribution is -2.57. The maximum Gasteiger partial charge on any atom is 0.416 e. The van der Waals surface area contributed by atoms with Gasteiger partial charge >= 0.3 is 12.2 Å². The zero-order valence-electron chi connectivity index (χ0n) is 17.6. The van der Waals surface area contributed by atoms with E-state index >= 15 is 4.39 Å². The van der Waals surface area contributed by atoms with Crippen molar-refractivity contribution in [1.29, 1.82) is 0 Å². The highest BCUT2D eigenvalue weighted by Crippen LogP contribution is 2.53. The largest absolute Gasteiger partial charge is 0.508 e. The molecule has 2 heterocycles. The Morgan fingerprint density at radius 3 is 2.74 bits per heavy atom. The molecule has 164 valence electrons. The van der Waals surface area contributed by atoms with Crippen molar-refractivity contribution >= 4 is 18.0 Å². The number of pyridine rings is 1. The predicted molar refractivity (Wildman–Crippen MR) is 109 cm³/mol. The number of halogens is 1. The van der Waals surface area contributed by atoms with Gasteiger partial charge in [-0.25, -0.2) is 19.0 Å². The number of phenols is 1. The lowest BCUT2D eigenvalue weighted by molar-refractivity contribution is 0.00109. The molecule has 4 rings (SSSR count). The number of aromatic hydroxyl groups is 1. The van der Waals surface area contributed by atoms with Crippen molar-refractivity contribution in [2.75, 3.05) is 5.32 Å². The van der Waals surface area contributed by atoms with Crippen molar-refractivity contribution in [3.8, 4) is 11.5 Å². The highest BCUT2D eigenvalue weighted by Gasteiger charge is 2.51. The molecule has 0 atom stereocenters. The Bertz CT molecular complexity index is 1050. The predicted octanol–water partition coefficient (Wildman–Crippen LogP) is 4.67. The van der Waals surface area contributed by atoms with Crippen molar-refractivity contribution in [2.45, 2.75) is 57.7 Å². The smallest absolute Gasteiger partial charge is 0.416 e. The zero-order valence-corrected chi connectivity index (χ0v) is 17.6. The van der Waals surface area contributed by atoms with Gasteiger partial charge < -0.3 is 14.6 Å². The molecule has 2 aliphatic rings. The average molecular weight is 429 g/mol. The summed E-state index contributed by atoms with van der Waals surface area (Å²) in [5, 5.41) is 12.1. The molecule has 31 heavy (non-hydrogen) atoms. The van der Waals surface area contributed by atoms with Crippen LogP contribution in [0.5, 0.6) is 11.5 Å². The highest BCUT2D eigenvalue weighted by atomic mass is 19.1. The number of hydrogen-bond acceptors (Lipinski definition) is 6. The third-order valence-electron chi connectivity index (χ3n) is 5.50. The van der Waals surface area contributed by atoms with Crippen LogP contribution < -0.4 is 10.1 Å². The first kappa shape index (κ1) is 20.9. The van der Waals surface area contributed by atoms with Crippen molar-refractivity contribution in [2.24, 2.45) is 0 Å². The van der Waals surface area contributed by atoms with E-state index in [4.69, 9.17) is 9.47 Å². The summed E-state index contributed by atoms with van der Waals surface area (Å²) in [6, 6.07) is 6.16. The Labute approximate surface area is 179 Å². The SMILES string of the molecule is CC(C)(C)OC(=O)Nc1nccc(CN2C(=O)Oc3cc(O)ccc3C23CCC3)c1F. The summed E-state index contributed by atoms with van der Waals surface area (Å²) in [7, 11) is 0. The van der Waals surface area contributed by atoms with Gasteiger partial charge in [0.25, 0.3) is 0 Å². The average Bonchev–Trinajstić information content (AvgIpc) is 2.62. The molecule has 2 N–H and O–H groups in total. The van der Waals surface area contributed by atoms with E-state index < -0.39 is 29.1 Å². The molecule has 0 bridgehead atoms. The molecular weight excluding hydrogens is 405 g/mol. The number of ether oxygens (including phenoxy) is 2. The number of carbonyl (C=O) groups is 2. The molecule has 1 aliphatic heterocycles. The maximum absolute atomic E-state index is 15.1. The quantitative estimate of drug-likeness (QED) is 0.736. The molecule has 1 fully saturated rings. The number of carbonyl (C=O) groups excluding carboxylic acids is 2. The van der Waals surface area contributed by atoms with Gasteiger partial charge in [0.2, 0.25) is 0 Å². The molecule has 2 amide bonds. The standard InChI is InChI=1S/C22H24FN3O5/c1-21(2,3)31-19(28)25-18-17(23)13(7-10-24-18)12-26-20(29)30-16-11-14(27)5-6-15(16)22(26)8-4-9-22/h5-7,10-11,27H,4,8-9,12H2,1-3H3,(H,24,25,28). The van der Waals surface area contributed by atoms with E-state index in [1.54, 1.807) is 32.9 Å². The first-order chi connectivity index (χ1) is 14.6. The molecule has 9 heteroatoms. The second kappa shape index (κ2) is 7.40. The fourth-order valence-corrected chi connectivity index (χ4v) is 3.98. The van der Waals surface area contributed by atoms with Crippen LogP contribution in [0.3, 0.4) is 0 Å². The lowest BCUT2D eigenvalue weighted by atomic mass is 9.69. The number of amides is 2. The van der Waals surface area contributed by atoms with Crippen LogP contribution >= 0.6 is 0 Å². The van der Waals surface area contributed by atoms with Crippen LogP contribution in [0.25, 0.3) is 0 Å². The van der Waals surface area contributed by atoms with Gasteiger partial charge in [-0.3, -0.25) is 10.2 Å². The zero-order chi connectivity index (χ0) is 22.4. The summed E-state index contributed by atoms with van der Waals surface area (Å²) < 4.78 is 25.7. The molecule has 1 aromatic heterocycles. The van der Waals surface area contributed by atoms with Gasteiger partial charge in [0.1, 0.15) is 17.1 Å². The number of benzene rings is 1. The fraction of sp³-hybridized carbons (Fsp3) is 0.409. The number of hydrogen-bond donors (Lipinski definition) is 2. The molecule has 8 nitrogen and oxygen atoms in total. The van der Waals surface area contributed by atoms with Crippen LogP contribution in [0.1, 0.15) is 51.2 Å². The van der Waals surface area contributed by atoms with E-state index in [1.165, 1.54) is 23.2 Å². The van der Waals surface area contributed by atoms with Crippen molar-refractivity contribution in [3.63, 3.8) is 0 Å². The minimum absolute atomic E-state index is 0.00695. The Kier molecular flexibility index (Phi) is 4.99. The van der Waals surface area contributed by atoms with Gasteiger partial charge in [-0.15, -0.1) is 0 Å². The van der Waals surface area contributed by atoms with Crippen LogP contribution in [0.4, 0.5) is 19.8 Å². The lowest BCUT2D eigenvalue weighted by Gasteiger charge is -2.52. The van der Waals surface area contributed by atoms with Gasteiger partial charge in [-0.05, 0) is 58.2 Å². The number of phenolic OH excluding ortho intramolecular Hbond substituents is 1. The van der Waals surface area contributed by atoms with E-state index in [2.05, 4.69) is 10.3 Å². The molecule has 1 aliphatic carbocycles. The molecular formula is C22H24FN3O5. The summed E-state index contributed by atoms with van der Waals surface area (Å²) in [6.07, 6.45) is 2.24. The van der Waals surface area contributed by atoms with Crippen LogP contribution in [-0.4, -0.2) is 32.8 Å². The Morgan fingerprint density at radius 1 is 1.35 bits per heavy atom. The van der Waals surface area contributed by atoms with Crippen LogP contribution in [-0.2, 0) is 16.8 Å². The van der Waals surface area contributed by atoms with Crippen molar-refractivity contribution in [3.05, 3.63) is 47.4 Å². The Morgan fingerprint density at radius 2 is 2.10 bits per heavy atom. The summed E-state index contributed by atoms with van der Waals surface area (Å²) in [5.74, 6) is -0.687. The molecule has 0 unspecified atom stereocenters. The Hall–Kier alpha value is -3.36. The fourth-order valence-electron chi connectivity index (χ4n) is 3.98. The van der Waals surface area contributed by atoms with Gasteiger partial charge in [-0.2, -0.15) is 0 Å². The maximum atomic E-state index is 15.1. The summed E-state index contributed by atoms with van der Waals surface area (Å²) >= 11 is 0. The van der Waals surface area contributed by atoms with Crippen LogP contribution in [0.2, 0.25) is 0 Å².